The summed E-state index contributed by atoms with van der Waals surface area (Å²) in [5, 5.41) is 21.4. The highest BCUT2D eigenvalue weighted by molar-refractivity contribution is 6.33. The van der Waals surface area contributed by atoms with Crippen LogP contribution in [0.2, 0.25) is 5.02 Å². The van der Waals surface area contributed by atoms with Gasteiger partial charge in [0.05, 0.1) is 16.3 Å². The van der Waals surface area contributed by atoms with Crippen LogP contribution >= 0.6 is 11.6 Å². The highest BCUT2D eigenvalue weighted by Gasteiger charge is 2.11. The third kappa shape index (κ3) is 2.18. The molecule has 2 rings (SSSR count). The summed E-state index contributed by atoms with van der Waals surface area (Å²) in [6, 6.07) is 5.57. The molecule has 0 spiro atoms. The molecule has 1 heterocycles. The van der Waals surface area contributed by atoms with Gasteiger partial charge < -0.3 is 10.2 Å². The lowest BCUT2D eigenvalue weighted by molar-refractivity contribution is 0.0682. The standard InChI is InChI=1S/C11H7ClN2O4/c12-8-5-6(1-2-7(8)10(15)16)14-4-3-9(13-14)11(17)18/h1-5H,(H,15,16)(H,17,18). The zero-order chi connectivity index (χ0) is 13.3. The van der Waals surface area contributed by atoms with E-state index in [0.29, 0.717) is 5.69 Å². The highest BCUT2D eigenvalue weighted by Crippen LogP contribution is 2.20. The van der Waals surface area contributed by atoms with Gasteiger partial charge in [-0.15, -0.1) is 0 Å². The summed E-state index contributed by atoms with van der Waals surface area (Å²) in [5.74, 6) is -2.26. The van der Waals surface area contributed by atoms with E-state index in [1.165, 1.54) is 35.1 Å². The van der Waals surface area contributed by atoms with Crippen LogP contribution in [0.4, 0.5) is 0 Å². The number of carboxylic acid groups (broad SMARTS) is 2. The molecule has 0 atom stereocenters. The van der Waals surface area contributed by atoms with Gasteiger partial charge in [0.1, 0.15) is 0 Å². The lowest BCUT2D eigenvalue weighted by Crippen LogP contribution is -2.02. The van der Waals surface area contributed by atoms with Crippen LogP contribution < -0.4 is 0 Å². The summed E-state index contributed by atoms with van der Waals surface area (Å²) >= 11 is 5.81. The van der Waals surface area contributed by atoms with Crippen molar-refractivity contribution in [1.82, 2.24) is 9.78 Å². The predicted octanol–water partition coefficient (Wildman–Crippen LogP) is 1.92. The largest absolute Gasteiger partial charge is 0.478 e. The number of benzene rings is 1. The van der Waals surface area contributed by atoms with E-state index >= 15 is 0 Å². The minimum atomic E-state index is -1.14. The van der Waals surface area contributed by atoms with E-state index in [1.807, 2.05) is 0 Å². The second-order valence-electron chi connectivity index (χ2n) is 3.42. The molecule has 7 heteroatoms. The number of hydrogen-bond acceptors (Lipinski definition) is 3. The van der Waals surface area contributed by atoms with Crippen molar-refractivity contribution in [2.24, 2.45) is 0 Å². The van der Waals surface area contributed by atoms with E-state index < -0.39 is 11.9 Å². The Bertz CT molecular complexity index is 636. The maximum absolute atomic E-state index is 10.8. The number of nitrogens with zero attached hydrogens (tertiary/aromatic N) is 2. The Labute approximate surface area is 106 Å². The van der Waals surface area contributed by atoms with Crippen molar-refractivity contribution in [2.45, 2.75) is 0 Å². The van der Waals surface area contributed by atoms with Crippen LogP contribution in [0, 0.1) is 0 Å². The molecule has 2 N–H and O–H groups in total. The molecule has 1 aromatic heterocycles. The Morgan fingerprint density at radius 2 is 1.89 bits per heavy atom. The van der Waals surface area contributed by atoms with E-state index in [2.05, 4.69) is 5.10 Å². The molecule has 0 saturated heterocycles. The van der Waals surface area contributed by atoms with Gasteiger partial charge in [-0.2, -0.15) is 5.10 Å². The third-order valence-electron chi connectivity index (χ3n) is 2.26. The van der Waals surface area contributed by atoms with Crippen molar-refractivity contribution >= 4 is 23.5 Å². The van der Waals surface area contributed by atoms with E-state index in [0.717, 1.165) is 0 Å². The smallest absolute Gasteiger partial charge is 0.356 e. The van der Waals surface area contributed by atoms with Gasteiger partial charge in [-0.3, -0.25) is 0 Å². The Morgan fingerprint density at radius 1 is 1.17 bits per heavy atom. The molecular formula is C11H7ClN2O4. The van der Waals surface area contributed by atoms with Crippen LogP contribution in [-0.2, 0) is 0 Å². The summed E-state index contributed by atoms with van der Waals surface area (Å²) < 4.78 is 1.31. The molecule has 0 aliphatic heterocycles. The van der Waals surface area contributed by atoms with Gasteiger partial charge in [0, 0.05) is 6.20 Å². The molecule has 1 aromatic carbocycles. The minimum Gasteiger partial charge on any atom is -0.478 e. The molecule has 0 radical (unpaired) electrons. The number of rotatable bonds is 3. The Kier molecular flexibility index (Phi) is 3.03. The van der Waals surface area contributed by atoms with Gasteiger partial charge in [0.15, 0.2) is 5.69 Å². The van der Waals surface area contributed by atoms with Crippen LogP contribution in [0.1, 0.15) is 20.8 Å². The zero-order valence-corrected chi connectivity index (χ0v) is 9.63. The molecule has 0 bridgehead atoms. The van der Waals surface area contributed by atoms with Gasteiger partial charge in [0.25, 0.3) is 0 Å². The Hall–Kier alpha value is -2.34. The maximum Gasteiger partial charge on any atom is 0.356 e. The third-order valence-corrected chi connectivity index (χ3v) is 2.57. The Morgan fingerprint density at radius 3 is 2.39 bits per heavy atom. The number of carboxylic acids is 2. The summed E-state index contributed by atoms with van der Waals surface area (Å²) in [6.45, 7) is 0. The molecule has 0 amide bonds. The molecule has 2 aromatic rings. The van der Waals surface area contributed by atoms with Crippen molar-refractivity contribution in [3.8, 4) is 5.69 Å². The first kappa shape index (κ1) is 12.1. The average molecular weight is 267 g/mol. The number of aromatic nitrogens is 2. The monoisotopic (exact) mass is 266 g/mol. The molecule has 0 fully saturated rings. The first-order valence-corrected chi connectivity index (χ1v) is 5.19. The van der Waals surface area contributed by atoms with Gasteiger partial charge >= 0.3 is 11.9 Å². The fourth-order valence-electron chi connectivity index (χ4n) is 1.40. The second-order valence-corrected chi connectivity index (χ2v) is 3.83. The molecule has 0 aliphatic rings. The van der Waals surface area contributed by atoms with Crippen LogP contribution in [-0.4, -0.2) is 31.9 Å². The molecule has 6 nitrogen and oxygen atoms in total. The predicted molar refractivity (Wildman–Crippen MR) is 62.5 cm³/mol. The fraction of sp³-hybridized carbons (Fsp3) is 0. The van der Waals surface area contributed by atoms with Crippen LogP contribution in [0.3, 0.4) is 0 Å². The summed E-state index contributed by atoms with van der Waals surface area (Å²) in [4.78, 5) is 21.5. The van der Waals surface area contributed by atoms with Crippen LogP contribution in [0.5, 0.6) is 0 Å². The lowest BCUT2D eigenvalue weighted by Gasteiger charge is -2.04. The van der Waals surface area contributed by atoms with Gasteiger partial charge in [-0.25, -0.2) is 14.3 Å². The van der Waals surface area contributed by atoms with Gasteiger partial charge in [-0.05, 0) is 24.3 Å². The van der Waals surface area contributed by atoms with Gasteiger partial charge in [-0.1, -0.05) is 11.6 Å². The van der Waals surface area contributed by atoms with E-state index in [1.54, 1.807) is 0 Å². The first-order valence-electron chi connectivity index (χ1n) is 4.81. The molecule has 0 saturated carbocycles. The normalized spacial score (nSPS) is 10.3. The molecule has 92 valence electrons. The SMILES string of the molecule is O=C(O)c1ccn(-c2ccc(C(=O)O)c(Cl)c2)n1. The summed E-state index contributed by atoms with van der Waals surface area (Å²) in [5.41, 5.74) is 0.358. The van der Waals surface area contributed by atoms with Crippen molar-refractivity contribution < 1.29 is 19.8 Å². The second kappa shape index (κ2) is 4.50. The van der Waals surface area contributed by atoms with E-state index in [-0.39, 0.29) is 16.3 Å². The lowest BCUT2D eigenvalue weighted by atomic mass is 10.2. The number of aromatic carboxylic acids is 2. The highest BCUT2D eigenvalue weighted by atomic mass is 35.5. The van der Waals surface area contributed by atoms with Gasteiger partial charge in [0.2, 0.25) is 0 Å². The number of hydrogen-bond donors (Lipinski definition) is 2. The maximum atomic E-state index is 10.8. The molecule has 0 aliphatic carbocycles. The summed E-state index contributed by atoms with van der Waals surface area (Å²) in [7, 11) is 0. The molecule has 0 unspecified atom stereocenters. The average Bonchev–Trinajstić information content (AvgIpc) is 2.77. The van der Waals surface area contributed by atoms with E-state index in [4.69, 9.17) is 21.8 Å². The van der Waals surface area contributed by atoms with Crippen molar-refractivity contribution in [3.63, 3.8) is 0 Å². The van der Waals surface area contributed by atoms with Crippen molar-refractivity contribution in [1.29, 1.82) is 0 Å². The zero-order valence-electron chi connectivity index (χ0n) is 8.87. The van der Waals surface area contributed by atoms with Crippen LogP contribution in [0.15, 0.2) is 30.5 Å². The number of carbonyl (C=O) groups is 2. The first-order chi connectivity index (χ1) is 8.49. The van der Waals surface area contributed by atoms with E-state index in [9.17, 15) is 9.59 Å². The van der Waals surface area contributed by atoms with Crippen LogP contribution in [0.25, 0.3) is 5.69 Å². The van der Waals surface area contributed by atoms with Crippen molar-refractivity contribution in [2.75, 3.05) is 0 Å². The quantitative estimate of drug-likeness (QED) is 0.885. The fourth-order valence-corrected chi connectivity index (χ4v) is 1.66. The van der Waals surface area contributed by atoms with Crippen molar-refractivity contribution in [3.05, 3.63) is 46.7 Å². The molecule has 18 heavy (non-hydrogen) atoms. The Balaban J connectivity index is 2.42. The molecular weight excluding hydrogens is 260 g/mol. The minimum absolute atomic E-state index is 0.0222. The summed E-state index contributed by atoms with van der Waals surface area (Å²) in [6.07, 6.45) is 1.45. The topological polar surface area (TPSA) is 92.4 Å². The number of halogens is 1.